The molecule has 3 nitrogen and oxygen atoms in total. The second-order valence-electron chi connectivity index (χ2n) is 3.28. The number of carboxylic acid groups (broad SMARTS) is 1. The minimum Gasteiger partial charge on any atom is -0.481 e. The smallest absolute Gasteiger partial charge is 0.316 e. The van der Waals surface area contributed by atoms with Gasteiger partial charge in [-0.2, -0.15) is 0 Å². The topological polar surface area (TPSA) is 46.5 Å². The summed E-state index contributed by atoms with van der Waals surface area (Å²) >= 11 is 0. The van der Waals surface area contributed by atoms with Crippen molar-refractivity contribution in [2.75, 3.05) is 13.2 Å². The summed E-state index contributed by atoms with van der Waals surface area (Å²) in [7, 11) is 0. The van der Waals surface area contributed by atoms with Crippen LogP contribution >= 0.6 is 0 Å². The van der Waals surface area contributed by atoms with Gasteiger partial charge in [0.15, 0.2) is 0 Å². The van der Waals surface area contributed by atoms with Crippen LogP contribution in [0.25, 0.3) is 0 Å². The van der Waals surface area contributed by atoms with Gasteiger partial charge in [0.1, 0.15) is 5.41 Å². The standard InChI is InChI=1S/C7H8F2O3/c8-7(9)4-3-12-2-1-6(4,7)5(10)11/h4H,1-3H2,(H,10,11). The minimum absolute atomic E-state index is 0.0694. The van der Waals surface area contributed by atoms with Crippen LogP contribution in [0.1, 0.15) is 6.42 Å². The lowest BCUT2D eigenvalue weighted by Gasteiger charge is -2.15. The zero-order valence-electron chi connectivity index (χ0n) is 6.22. The predicted molar refractivity (Wildman–Crippen MR) is 33.9 cm³/mol. The second-order valence-corrected chi connectivity index (χ2v) is 3.28. The Labute approximate surface area is 67.3 Å². The van der Waals surface area contributed by atoms with Crippen molar-refractivity contribution in [1.29, 1.82) is 0 Å². The predicted octanol–water partition coefficient (Wildman–Crippen LogP) is 0.743. The molecule has 2 fully saturated rings. The Hall–Kier alpha value is -0.710. The Bertz CT molecular complexity index is 241. The number of carbonyl (C=O) groups is 1. The quantitative estimate of drug-likeness (QED) is 0.644. The van der Waals surface area contributed by atoms with E-state index in [0.29, 0.717) is 0 Å². The van der Waals surface area contributed by atoms with Crippen LogP contribution in [-0.4, -0.2) is 30.2 Å². The van der Waals surface area contributed by atoms with E-state index in [1.165, 1.54) is 0 Å². The molecule has 2 rings (SSSR count). The lowest BCUT2D eigenvalue weighted by Crippen LogP contribution is -2.27. The van der Waals surface area contributed by atoms with Crippen molar-refractivity contribution in [2.24, 2.45) is 11.3 Å². The molecule has 2 unspecified atom stereocenters. The zero-order valence-corrected chi connectivity index (χ0v) is 6.22. The van der Waals surface area contributed by atoms with E-state index in [9.17, 15) is 13.6 Å². The second kappa shape index (κ2) is 1.96. The Balaban J connectivity index is 2.30. The molecular weight excluding hydrogens is 170 g/mol. The van der Waals surface area contributed by atoms with Gasteiger partial charge in [0, 0.05) is 6.61 Å². The number of hydrogen-bond donors (Lipinski definition) is 1. The normalized spacial score (nSPS) is 43.3. The van der Waals surface area contributed by atoms with Crippen molar-refractivity contribution in [2.45, 2.75) is 12.3 Å². The molecule has 1 heterocycles. The summed E-state index contributed by atoms with van der Waals surface area (Å²) in [6.07, 6.45) is -0.0694. The van der Waals surface area contributed by atoms with E-state index in [0.717, 1.165) is 0 Å². The summed E-state index contributed by atoms with van der Waals surface area (Å²) in [5, 5.41) is 8.64. The molecule has 1 saturated carbocycles. The van der Waals surface area contributed by atoms with Gasteiger partial charge in [0.05, 0.1) is 12.5 Å². The fourth-order valence-electron chi connectivity index (χ4n) is 1.95. The van der Waals surface area contributed by atoms with Crippen LogP contribution in [0.2, 0.25) is 0 Å². The van der Waals surface area contributed by atoms with E-state index >= 15 is 0 Å². The number of carboxylic acids is 1. The molecule has 0 bridgehead atoms. The molecule has 0 aromatic rings. The summed E-state index contributed by atoms with van der Waals surface area (Å²) < 4.78 is 30.7. The molecular formula is C7H8F2O3. The number of aliphatic carboxylic acids is 1. The molecule has 1 aliphatic heterocycles. The fourth-order valence-corrected chi connectivity index (χ4v) is 1.95. The first-order valence-corrected chi connectivity index (χ1v) is 3.72. The summed E-state index contributed by atoms with van der Waals surface area (Å²) in [6.45, 7) is -0.00229. The van der Waals surface area contributed by atoms with Crippen LogP contribution in [0.3, 0.4) is 0 Å². The highest BCUT2D eigenvalue weighted by Crippen LogP contribution is 2.69. The van der Waals surface area contributed by atoms with Gasteiger partial charge in [0.2, 0.25) is 0 Å². The highest BCUT2D eigenvalue weighted by atomic mass is 19.3. The van der Waals surface area contributed by atoms with Crippen LogP contribution in [0.5, 0.6) is 0 Å². The van der Waals surface area contributed by atoms with Gasteiger partial charge in [-0.25, -0.2) is 8.78 Å². The van der Waals surface area contributed by atoms with Gasteiger partial charge in [-0.05, 0) is 6.42 Å². The molecule has 0 amide bonds. The summed E-state index contributed by atoms with van der Waals surface area (Å²) in [5.41, 5.74) is -1.80. The Morgan fingerprint density at radius 3 is 2.67 bits per heavy atom. The van der Waals surface area contributed by atoms with Gasteiger partial charge < -0.3 is 9.84 Å². The number of hydrogen-bond acceptors (Lipinski definition) is 2. The molecule has 2 atom stereocenters. The highest BCUT2D eigenvalue weighted by Gasteiger charge is 2.85. The molecule has 68 valence electrons. The maximum absolute atomic E-state index is 12.9. The maximum Gasteiger partial charge on any atom is 0.316 e. The molecule has 12 heavy (non-hydrogen) atoms. The van der Waals surface area contributed by atoms with Crippen LogP contribution in [0.15, 0.2) is 0 Å². The van der Waals surface area contributed by atoms with Crippen LogP contribution in [0.4, 0.5) is 8.78 Å². The Morgan fingerprint density at radius 1 is 1.58 bits per heavy atom. The fraction of sp³-hybridized carbons (Fsp3) is 0.857. The Kier molecular flexibility index (Phi) is 1.29. The zero-order chi connectivity index (χ0) is 8.98. The number of fused-ring (bicyclic) bond motifs is 1. The number of ether oxygens (including phenoxy) is 1. The molecule has 1 saturated heterocycles. The number of rotatable bonds is 1. The van der Waals surface area contributed by atoms with E-state index in [4.69, 9.17) is 9.84 Å². The molecule has 1 N–H and O–H groups in total. The van der Waals surface area contributed by atoms with Gasteiger partial charge >= 0.3 is 5.97 Å². The maximum atomic E-state index is 12.9. The third-order valence-electron chi connectivity index (χ3n) is 2.85. The number of halogens is 2. The van der Waals surface area contributed by atoms with Crippen molar-refractivity contribution in [3.8, 4) is 0 Å². The van der Waals surface area contributed by atoms with Crippen LogP contribution in [0, 0.1) is 11.3 Å². The molecule has 1 aliphatic carbocycles. The first-order valence-electron chi connectivity index (χ1n) is 3.72. The lowest BCUT2D eigenvalue weighted by molar-refractivity contribution is -0.150. The Morgan fingerprint density at radius 2 is 2.25 bits per heavy atom. The van der Waals surface area contributed by atoms with Crippen molar-refractivity contribution in [3.63, 3.8) is 0 Å². The third-order valence-corrected chi connectivity index (χ3v) is 2.85. The first kappa shape index (κ1) is 7.91. The van der Waals surface area contributed by atoms with Gasteiger partial charge in [-0.15, -0.1) is 0 Å². The van der Waals surface area contributed by atoms with Crippen molar-refractivity contribution in [3.05, 3.63) is 0 Å². The lowest BCUT2D eigenvalue weighted by atomic mass is 9.98. The van der Waals surface area contributed by atoms with Gasteiger partial charge in [0.25, 0.3) is 5.92 Å². The van der Waals surface area contributed by atoms with Crippen molar-refractivity contribution in [1.82, 2.24) is 0 Å². The van der Waals surface area contributed by atoms with Crippen molar-refractivity contribution < 1.29 is 23.4 Å². The average molecular weight is 178 g/mol. The summed E-state index contributed by atoms with van der Waals surface area (Å²) in [5.74, 6) is -5.55. The average Bonchev–Trinajstić information content (AvgIpc) is 2.52. The largest absolute Gasteiger partial charge is 0.481 e. The first-order chi connectivity index (χ1) is 5.53. The van der Waals surface area contributed by atoms with E-state index in [1.807, 2.05) is 0 Å². The van der Waals surface area contributed by atoms with E-state index in [-0.39, 0.29) is 19.6 Å². The van der Waals surface area contributed by atoms with E-state index < -0.39 is 23.2 Å². The van der Waals surface area contributed by atoms with E-state index in [2.05, 4.69) is 0 Å². The van der Waals surface area contributed by atoms with E-state index in [1.54, 1.807) is 0 Å². The van der Waals surface area contributed by atoms with Gasteiger partial charge in [-0.1, -0.05) is 0 Å². The molecule has 0 aromatic heterocycles. The highest BCUT2D eigenvalue weighted by molar-refractivity contribution is 5.81. The third kappa shape index (κ3) is 0.612. The molecule has 2 aliphatic rings. The van der Waals surface area contributed by atoms with Crippen molar-refractivity contribution >= 4 is 5.97 Å². The summed E-state index contributed by atoms with van der Waals surface area (Å²) in [4.78, 5) is 10.6. The summed E-state index contributed by atoms with van der Waals surface area (Å²) in [6, 6.07) is 0. The SMILES string of the molecule is O=C(O)C12CCOCC1C2(F)F. The molecule has 5 heteroatoms. The monoisotopic (exact) mass is 178 g/mol. The molecule has 0 aromatic carbocycles. The van der Waals surface area contributed by atoms with Crippen LogP contribution < -0.4 is 0 Å². The molecule has 0 spiro atoms. The van der Waals surface area contributed by atoms with Gasteiger partial charge in [-0.3, -0.25) is 4.79 Å². The minimum atomic E-state index is -3.06. The molecule has 0 radical (unpaired) electrons. The van der Waals surface area contributed by atoms with Crippen LogP contribution in [-0.2, 0) is 9.53 Å². The number of alkyl halides is 2.